The maximum Gasteiger partial charge on any atom is 0.128 e. The Kier molecular flexibility index (Phi) is 5.75. The van der Waals surface area contributed by atoms with Crippen molar-refractivity contribution in [1.82, 2.24) is 10.3 Å². The van der Waals surface area contributed by atoms with Crippen molar-refractivity contribution in [1.29, 1.82) is 0 Å². The molecule has 4 heteroatoms. The highest BCUT2D eigenvalue weighted by molar-refractivity contribution is 6.03. The summed E-state index contributed by atoms with van der Waals surface area (Å²) < 4.78 is 14.3. The van der Waals surface area contributed by atoms with Crippen LogP contribution in [0, 0.1) is 6.92 Å². The molecule has 132 valence electrons. The molecule has 0 saturated carbocycles. The van der Waals surface area contributed by atoms with Gasteiger partial charge in [0.25, 0.3) is 0 Å². The Labute approximate surface area is 149 Å². The molecule has 1 aliphatic heterocycles. The molecule has 1 aliphatic rings. The van der Waals surface area contributed by atoms with Gasteiger partial charge in [-0.1, -0.05) is 55.7 Å². The summed E-state index contributed by atoms with van der Waals surface area (Å²) in [6, 6.07) is 8.13. The van der Waals surface area contributed by atoms with Crippen LogP contribution in [0.3, 0.4) is 0 Å². The summed E-state index contributed by atoms with van der Waals surface area (Å²) >= 11 is 0. The van der Waals surface area contributed by atoms with Crippen molar-refractivity contribution in [3.63, 3.8) is 0 Å². The van der Waals surface area contributed by atoms with Crippen LogP contribution in [0.25, 0.3) is 0 Å². The van der Waals surface area contributed by atoms with Gasteiger partial charge in [0, 0.05) is 17.6 Å². The van der Waals surface area contributed by atoms with Crippen molar-refractivity contribution >= 4 is 5.71 Å². The molecule has 0 bridgehead atoms. The summed E-state index contributed by atoms with van der Waals surface area (Å²) in [5.41, 5.74) is 3.61. The van der Waals surface area contributed by atoms with Crippen LogP contribution in [0.5, 0.6) is 0 Å². The number of hydrogen-bond donors (Lipinski definition) is 1. The minimum Gasteiger partial charge on any atom is -0.296 e. The second-order valence-corrected chi connectivity index (χ2v) is 6.27. The zero-order valence-corrected chi connectivity index (χ0v) is 15.4. The number of benzene rings is 1. The lowest BCUT2D eigenvalue weighted by Crippen LogP contribution is -2.50. The fraction of sp³-hybridized carbons (Fsp3) is 0.286. The van der Waals surface area contributed by atoms with E-state index in [1.165, 1.54) is 6.08 Å². The SMILES string of the molecule is C=C/C=C(C(=C)N1N=C(c2ccccc2C)CC1(C)NC)\C(F)=C/C. The Hall–Kier alpha value is -2.46. The first kappa shape index (κ1) is 18.9. The van der Waals surface area contributed by atoms with E-state index in [2.05, 4.69) is 37.5 Å². The Morgan fingerprint density at radius 3 is 2.64 bits per heavy atom. The molecule has 0 spiro atoms. The van der Waals surface area contributed by atoms with Gasteiger partial charge >= 0.3 is 0 Å². The van der Waals surface area contributed by atoms with E-state index in [4.69, 9.17) is 5.10 Å². The average Bonchev–Trinajstić information content (AvgIpc) is 2.97. The number of nitrogens with zero attached hydrogens (tertiary/aromatic N) is 2. The Balaban J connectivity index is 2.49. The van der Waals surface area contributed by atoms with Gasteiger partial charge in [0.05, 0.1) is 11.4 Å². The number of aryl methyl sites for hydroxylation is 1. The number of halogens is 1. The Morgan fingerprint density at radius 2 is 2.08 bits per heavy atom. The van der Waals surface area contributed by atoms with Gasteiger partial charge in [0.15, 0.2) is 0 Å². The fourth-order valence-electron chi connectivity index (χ4n) is 2.97. The fourth-order valence-corrected chi connectivity index (χ4v) is 2.97. The van der Waals surface area contributed by atoms with E-state index in [0.29, 0.717) is 17.7 Å². The highest BCUT2D eigenvalue weighted by atomic mass is 19.1. The average molecular weight is 339 g/mol. The van der Waals surface area contributed by atoms with Crippen molar-refractivity contribution < 1.29 is 4.39 Å². The summed E-state index contributed by atoms with van der Waals surface area (Å²) in [5.74, 6) is -0.345. The molecule has 1 aromatic rings. The van der Waals surface area contributed by atoms with Gasteiger partial charge in [0.1, 0.15) is 11.5 Å². The first-order valence-electron chi connectivity index (χ1n) is 8.34. The van der Waals surface area contributed by atoms with Crippen molar-refractivity contribution in [3.8, 4) is 0 Å². The zero-order chi connectivity index (χ0) is 18.6. The molecule has 0 aromatic heterocycles. The highest BCUT2D eigenvalue weighted by Crippen LogP contribution is 2.35. The summed E-state index contributed by atoms with van der Waals surface area (Å²) in [5, 5.41) is 9.85. The first-order chi connectivity index (χ1) is 11.9. The van der Waals surface area contributed by atoms with Crippen LogP contribution in [-0.4, -0.2) is 23.4 Å². The molecule has 1 unspecified atom stereocenters. The number of nitrogens with one attached hydrogen (secondary N) is 1. The molecule has 3 nitrogen and oxygen atoms in total. The summed E-state index contributed by atoms with van der Waals surface area (Å²) in [6.07, 6.45) is 5.28. The van der Waals surface area contributed by atoms with Crippen LogP contribution >= 0.6 is 0 Å². The zero-order valence-electron chi connectivity index (χ0n) is 15.4. The minimum atomic E-state index is -0.483. The predicted molar refractivity (Wildman–Crippen MR) is 104 cm³/mol. The van der Waals surface area contributed by atoms with E-state index in [0.717, 1.165) is 16.8 Å². The molecular weight excluding hydrogens is 313 g/mol. The molecule has 0 aliphatic carbocycles. The summed E-state index contributed by atoms with van der Waals surface area (Å²) in [4.78, 5) is 0. The normalized spacial score (nSPS) is 21.3. The lowest BCUT2D eigenvalue weighted by molar-refractivity contribution is 0.153. The number of hydrazone groups is 1. The van der Waals surface area contributed by atoms with Crippen LogP contribution in [0.15, 0.2) is 77.8 Å². The standard InChI is InChI=1S/C21H26FN3/c1-7-11-18(19(22)8-2)16(4)25-21(5,23-6)14-20(24-25)17-13-10-9-12-15(17)3/h7-13,23H,1,4,14H2,2-3,5-6H3/b18-11-,19-8+. The van der Waals surface area contributed by atoms with Gasteiger partial charge < -0.3 is 0 Å². The molecule has 1 N–H and O–H groups in total. The van der Waals surface area contributed by atoms with Crippen LogP contribution in [0.4, 0.5) is 4.39 Å². The van der Waals surface area contributed by atoms with E-state index in [1.54, 1.807) is 24.1 Å². The lowest BCUT2D eigenvalue weighted by Gasteiger charge is -2.35. The molecule has 1 heterocycles. The van der Waals surface area contributed by atoms with E-state index in [1.807, 2.05) is 26.1 Å². The van der Waals surface area contributed by atoms with Crippen molar-refractivity contribution in [2.24, 2.45) is 5.10 Å². The Bertz CT molecular complexity index is 773. The second-order valence-electron chi connectivity index (χ2n) is 6.27. The largest absolute Gasteiger partial charge is 0.296 e. The van der Waals surface area contributed by atoms with Gasteiger partial charge in [-0.15, -0.1) is 0 Å². The van der Waals surface area contributed by atoms with Crippen LogP contribution in [0.2, 0.25) is 0 Å². The van der Waals surface area contributed by atoms with Crippen LogP contribution in [-0.2, 0) is 0 Å². The molecule has 1 atom stereocenters. The Morgan fingerprint density at radius 1 is 1.40 bits per heavy atom. The number of allylic oxidation sites excluding steroid dienone is 4. The summed E-state index contributed by atoms with van der Waals surface area (Å²) in [6.45, 7) is 13.5. The van der Waals surface area contributed by atoms with Gasteiger partial charge in [-0.3, -0.25) is 5.32 Å². The molecule has 0 amide bonds. The maximum absolute atomic E-state index is 14.3. The lowest BCUT2D eigenvalue weighted by atomic mass is 9.97. The topological polar surface area (TPSA) is 27.6 Å². The van der Waals surface area contributed by atoms with Gasteiger partial charge in [-0.2, -0.15) is 5.10 Å². The predicted octanol–water partition coefficient (Wildman–Crippen LogP) is 4.84. The quantitative estimate of drug-likeness (QED) is 0.751. The van der Waals surface area contributed by atoms with E-state index >= 15 is 0 Å². The van der Waals surface area contributed by atoms with Gasteiger partial charge in [0.2, 0.25) is 0 Å². The van der Waals surface area contributed by atoms with Crippen molar-refractivity contribution in [2.75, 3.05) is 7.05 Å². The molecular formula is C21H26FN3. The molecule has 0 fully saturated rings. The molecule has 2 rings (SSSR count). The molecule has 25 heavy (non-hydrogen) atoms. The maximum atomic E-state index is 14.3. The second kappa shape index (κ2) is 7.62. The smallest absolute Gasteiger partial charge is 0.128 e. The minimum absolute atomic E-state index is 0.345. The monoisotopic (exact) mass is 339 g/mol. The molecule has 0 radical (unpaired) electrons. The molecule has 0 saturated heterocycles. The third-order valence-electron chi connectivity index (χ3n) is 4.56. The third-order valence-corrected chi connectivity index (χ3v) is 4.56. The van der Waals surface area contributed by atoms with Crippen LogP contribution < -0.4 is 5.32 Å². The van der Waals surface area contributed by atoms with Crippen LogP contribution in [0.1, 0.15) is 31.4 Å². The van der Waals surface area contributed by atoms with Crippen molar-refractivity contribution in [2.45, 2.75) is 32.9 Å². The van der Waals surface area contributed by atoms with Gasteiger partial charge in [-0.05, 0) is 33.4 Å². The first-order valence-corrected chi connectivity index (χ1v) is 8.34. The number of rotatable bonds is 6. The van der Waals surface area contributed by atoms with Gasteiger partial charge in [-0.25, -0.2) is 9.40 Å². The van der Waals surface area contributed by atoms with E-state index < -0.39 is 5.66 Å². The third kappa shape index (κ3) is 3.64. The molecule has 1 aromatic carbocycles. The van der Waals surface area contributed by atoms with E-state index in [9.17, 15) is 4.39 Å². The number of hydrogen-bond acceptors (Lipinski definition) is 3. The van der Waals surface area contributed by atoms with Crippen molar-refractivity contribution in [3.05, 3.63) is 83.9 Å². The highest BCUT2D eigenvalue weighted by Gasteiger charge is 2.40. The van der Waals surface area contributed by atoms with E-state index in [-0.39, 0.29) is 5.83 Å². The summed E-state index contributed by atoms with van der Waals surface area (Å²) in [7, 11) is 1.87.